The highest BCUT2D eigenvalue weighted by molar-refractivity contribution is 6.08. The number of aromatic nitrogens is 1. The number of Topliss-reactive ketones (excluding diaryl/α,β-unsaturated/α-hetero) is 1. The molecular formula is C34H37NO5. The summed E-state index contributed by atoms with van der Waals surface area (Å²) in [6, 6.07) is 29.6. The highest BCUT2D eigenvalue weighted by Crippen LogP contribution is 2.42. The molecule has 3 aromatic carbocycles. The fourth-order valence-electron chi connectivity index (χ4n) is 5.40. The van der Waals surface area contributed by atoms with Gasteiger partial charge in [-0.3, -0.25) is 9.59 Å². The molecule has 2 atom stereocenters. The van der Waals surface area contributed by atoms with E-state index in [1.807, 2.05) is 91.0 Å². The first-order valence-electron chi connectivity index (χ1n) is 13.8. The molecule has 0 spiro atoms. The average molecular weight is 540 g/mol. The van der Waals surface area contributed by atoms with E-state index in [0.29, 0.717) is 18.5 Å². The number of rotatable bonds is 13. The predicted octanol–water partition coefficient (Wildman–Crippen LogP) is 6.35. The van der Waals surface area contributed by atoms with Crippen molar-refractivity contribution in [2.75, 3.05) is 0 Å². The maximum atomic E-state index is 14.2. The number of benzene rings is 3. The van der Waals surface area contributed by atoms with E-state index in [1.165, 1.54) is 0 Å². The van der Waals surface area contributed by atoms with Crippen molar-refractivity contribution in [2.24, 2.45) is 0 Å². The number of aliphatic hydroxyl groups is 2. The first-order valence-corrected chi connectivity index (χ1v) is 13.8. The Balaban J connectivity index is 1.87. The number of aliphatic hydroxyl groups excluding tert-OH is 2. The molecule has 0 unspecified atom stereocenters. The first-order chi connectivity index (χ1) is 19.3. The fourth-order valence-corrected chi connectivity index (χ4v) is 5.40. The van der Waals surface area contributed by atoms with Crippen LogP contribution in [0.25, 0.3) is 22.4 Å². The van der Waals surface area contributed by atoms with Gasteiger partial charge >= 0.3 is 5.97 Å². The maximum Gasteiger partial charge on any atom is 0.305 e. The van der Waals surface area contributed by atoms with Crippen LogP contribution in [0.1, 0.15) is 60.6 Å². The number of carbonyl (C=O) groups is 2. The van der Waals surface area contributed by atoms with E-state index in [-0.39, 0.29) is 24.5 Å². The summed E-state index contributed by atoms with van der Waals surface area (Å²) in [4.78, 5) is 25.1. The quantitative estimate of drug-likeness (QED) is 0.172. The zero-order chi connectivity index (χ0) is 28.6. The van der Waals surface area contributed by atoms with Gasteiger partial charge in [0.05, 0.1) is 24.3 Å². The molecule has 0 aliphatic carbocycles. The summed E-state index contributed by atoms with van der Waals surface area (Å²) in [6.45, 7) is 4.54. The van der Waals surface area contributed by atoms with Crippen molar-refractivity contribution in [1.29, 1.82) is 0 Å². The van der Waals surface area contributed by atoms with E-state index < -0.39 is 24.6 Å². The molecule has 0 saturated heterocycles. The van der Waals surface area contributed by atoms with Gasteiger partial charge in [0.15, 0.2) is 5.78 Å². The summed E-state index contributed by atoms with van der Waals surface area (Å²) in [5.41, 5.74) is 6.21. The molecule has 4 rings (SSSR count). The van der Waals surface area contributed by atoms with Crippen LogP contribution in [0.4, 0.5) is 0 Å². The van der Waals surface area contributed by atoms with Gasteiger partial charge in [0.2, 0.25) is 0 Å². The molecule has 3 N–H and O–H groups in total. The Morgan fingerprint density at radius 3 is 1.88 bits per heavy atom. The Labute approximate surface area is 235 Å². The third-order valence-electron chi connectivity index (χ3n) is 7.09. The Bertz CT molecular complexity index is 1410. The number of carbonyl (C=O) groups excluding carboxylic acids is 1. The third kappa shape index (κ3) is 6.95. The summed E-state index contributed by atoms with van der Waals surface area (Å²) >= 11 is 0. The van der Waals surface area contributed by atoms with Crippen molar-refractivity contribution in [3.8, 4) is 22.4 Å². The molecule has 0 bridgehead atoms. The molecule has 0 fully saturated rings. The second-order valence-electron chi connectivity index (χ2n) is 10.5. The summed E-state index contributed by atoms with van der Waals surface area (Å²) in [7, 11) is 0. The summed E-state index contributed by atoms with van der Waals surface area (Å²) < 4.78 is 2.15. The van der Waals surface area contributed by atoms with Crippen molar-refractivity contribution in [3.63, 3.8) is 0 Å². The monoisotopic (exact) mass is 539 g/mol. The van der Waals surface area contributed by atoms with Gasteiger partial charge in [-0.15, -0.1) is 0 Å². The molecule has 6 nitrogen and oxygen atoms in total. The number of hydrogen-bond acceptors (Lipinski definition) is 4. The van der Waals surface area contributed by atoms with Crippen LogP contribution < -0.4 is 0 Å². The van der Waals surface area contributed by atoms with Crippen molar-refractivity contribution < 1.29 is 24.9 Å². The minimum Gasteiger partial charge on any atom is -0.481 e. The van der Waals surface area contributed by atoms with Gasteiger partial charge in [-0.05, 0) is 35.4 Å². The third-order valence-corrected chi connectivity index (χ3v) is 7.09. The van der Waals surface area contributed by atoms with Crippen molar-refractivity contribution in [2.45, 2.75) is 64.2 Å². The van der Waals surface area contributed by atoms with E-state index in [0.717, 1.165) is 33.6 Å². The van der Waals surface area contributed by atoms with Crippen LogP contribution in [0.2, 0.25) is 0 Å². The van der Waals surface area contributed by atoms with E-state index in [1.54, 1.807) is 0 Å². The van der Waals surface area contributed by atoms with Gasteiger partial charge in [0.1, 0.15) is 0 Å². The largest absolute Gasteiger partial charge is 0.481 e. The predicted molar refractivity (Wildman–Crippen MR) is 157 cm³/mol. The van der Waals surface area contributed by atoms with Crippen LogP contribution in [0.5, 0.6) is 0 Å². The normalized spacial score (nSPS) is 12.8. The van der Waals surface area contributed by atoms with Gasteiger partial charge < -0.3 is 19.9 Å². The molecular weight excluding hydrogens is 502 g/mol. The lowest BCUT2D eigenvalue weighted by Crippen LogP contribution is -2.22. The second-order valence-corrected chi connectivity index (χ2v) is 10.5. The minimum atomic E-state index is -1.13. The zero-order valence-corrected chi connectivity index (χ0v) is 23.0. The van der Waals surface area contributed by atoms with E-state index >= 15 is 0 Å². The van der Waals surface area contributed by atoms with Crippen LogP contribution in [0.15, 0.2) is 91.0 Å². The number of aliphatic carboxylic acids is 1. The van der Waals surface area contributed by atoms with Gasteiger partial charge in [-0.2, -0.15) is 0 Å². The van der Waals surface area contributed by atoms with Gasteiger partial charge in [0, 0.05) is 29.8 Å². The zero-order valence-electron chi connectivity index (χ0n) is 23.0. The highest BCUT2D eigenvalue weighted by Gasteiger charge is 2.30. The van der Waals surface area contributed by atoms with E-state index in [2.05, 4.69) is 18.4 Å². The average Bonchev–Trinajstić information content (AvgIpc) is 3.28. The molecule has 0 aliphatic heterocycles. The Morgan fingerprint density at radius 2 is 1.32 bits per heavy atom. The molecule has 0 amide bonds. The van der Waals surface area contributed by atoms with Crippen LogP contribution in [0, 0.1) is 0 Å². The fraction of sp³-hybridized carbons (Fsp3) is 0.294. The minimum absolute atomic E-state index is 0.00407. The standard InChI is InChI=1S/C34H37NO5/c1-23(2)33-32(29(38)20-24-12-6-3-7-13-24)31(25-14-8-4-9-15-25)34(26-16-10-5-11-17-26)35(33)19-18-27(36)21-28(37)22-30(39)40/h3-17,23,27-28,36-37H,18-22H2,1-2H3,(H,39,40)/t27-,28-/m1/s1. The van der Waals surface area contributed by atoms with Crippen molar-refractivity contribution >= 4 is 11.8 Å². The summed E-state index contributed by atoms with van der Waals surface area (Å²) in [5, 5.41) is 29.8. The lowest BCUT2D eigenvalue weighted by molar-refractivity contribution is -0.139. The van der Waals surface area contributed by atoms with Crippen LogP contribution in [-0.2, 0) is 17.8 Å². The van der Waals surface area contributed by atoms with Crippen molar-refractivity contribution in [3.05, 3.63) is 108 Å². The number of carboxylic acid groups (broad SMARTS) is 1. The molecule has 0 radical (unpaired) electrons. The smallest absolute Gasteiger partial charge is 0.305 e. The highest BCUT2D eigenvalue weighted by atomic mass is 16.4. The molecule has 208 valence electrons. The lowest BCUT2D eigenvalue weighted by atomic mass is 9.90. The van der Waals surface area contributed by atoms with Crippen LogP contribution in [0.3, 0.4) is 0 Å². The van der Waals surface area contributed by atoms with E-state index in [9.17, 15) is 19.8 Å². The topological polar surface area (TPSA) is 99.8 Å². The van der Waals surface area contributed by atoms with E-state index in [4.69, 9.17) is 5.11 Å². The Morgan fingerprint density at radius 1 is 0.775 bits per heavy atom. The number of carboxylic acids is 1. The molecule has 0 saturated carbocycles. The first kappa shape index (κ1) is 29.0. The lowest BCUT2D eigenvalue weighted by Gasteiger charge is -2.20. The number of nitrogens with zero attached hydrogens (tertiary/aromatic N) is 1. The van der Waals surface area contributed by atoms with Crippen LogP contribution in [-0.4, -0.2) is 43.8 Å². The molecule has 4 aromatic rings. The number of hydrogen-bond donors (Lipinski definition) is 3. The van der Waals surface area contributed by atoms with Gasteiger partial charge in [-0.1, -0.05) is 105 Å². The summed E-state index contributed by atoms with van der Waals surface area (Å²) in [6.07, 6.45) is -1.91. The molecule has 1 heterocycles. The second kappa shape index (κ2) is 13.4. The van der Waals surface area contributed by atoms with Gasteiger partial charge in [0.25, 0.3) is 0 Å². The molecule has 0 aliphatic rings. The summed E-state index contributed by atoms with van der Waals surface area (Å²) in [5.74, 6) is -1.07. The van der Waals surface area contributed by atoms with Gasteiger partial charge in [-0.25, -0.2) is 0 Å². The Hall–Kier alpha value is -4.00. The SMILES string of the molecule is CC(C)c1c(C(=O)Cc2ccccc2)c(-c2ccccc2)c(-c2ccccc2)n1CC[C@@H](O)C[C@@H](O)CC(=O)O. The van der Waals surface area contributed by atoms with Crippen molar-refractivity contribution in [1.82, 2.24) is 4.57 Å². The molecule has 6 heteroatoms. The maximum absolute atomic E-state index is 14.2. The number of ketones is 1. The Kier molecular flexibility index (Phi) is 9.70. The molecule has 1 aromatic heterocycles. The van der Waals surface area contributed by atoms with Crippen LogP contribution >= 0.6 is 0 Å². The molecule has 40 heavy (non-hydrogen) atoms.